The fraction of sp³-hybridized carbons (Fsp3) is 0.241. The molecule has 7 rings (SSSR count). The largest absolute Gasteiger partial charge is 0.383 e. The second-order valence-corrected chi connectivity index (χ2v) is 10.1. The minimum Gasteiger partial charge on any atom is -0.383 e. The summed E-state index contributed by atoms with van der Waals surface area (Å²) in [5.41, 5.74) is 12.6. The van der Waals surface area contributed by atoms with E-state index < -0.39 is 0 Å². The first-order valence-corrected chi connectivity index (χ1v) is 12.4. The molecule has 4 heterocycles. The Labute approximate surface area is 214 Å². The van der Waals surface area contributed by atoms with Crippen molar-refractivity contribution in [1.82, 2.24) is 19.4 Å². The zero-order chi connectivity index (χ0) is 25.8. The normalized spacial score (nSPS) is 18.1. The van der Waals surface area contributed by atoms with E-state index in [9.17, 15) is 9.59 Å². The van der Waals surface area contributed by atoms with Crippen LogP contribution in [-0.4, -0.2) is 43.8 Å². The molecule has 8 heteroatoms. The number of carbonyl (C=O) groups is 2. The number of aryl methyl sites for hydroxylation is 1. The monoisotopic (exact) mass is 492 g/mol. The standard InChI is InChI=1S/C29H28N6O2/c1-16(2)28(36)33-21-10-8-19(9-11-21)25-23(24-26(30)31-15-32-27(24)34(25)3)18-4-6-20(7-5-18)29(37)35-14-17-12-22(35)13-17/h4-11,15,17,22H,1,12-14H2,2-3H3,(H,33,36)(H2,30,31,32). The number of carbonyl (C=O) groups excluding carboxylic acids is 2. The number of aromatic nitrogens is 3. The highest BCUT2D eigenvalue weighted by Crippen LogP contribution is 2.43. The van der Waals surface area contributed by atoms with Crippen molar-refractivity contribution in [2.45, 2.75) is 25.8 Å². The van der Waals surface area contributed by atoms with Gasteiger partial charge in [0.15, 0.2) is 0 Å². The Balaban J connectivity index is 1.41. The van der Waals surface area contributed by atoms with E-state index in [4.69, 9.17) is 5.73 Å². The smallest absolute Gasteiger partial charge is 0.254 e. The highest BCUT2D eigenvalue weighted by Gasteiger charge is 2.45. The average Bonchev–Trinajstić information content (AvgIpc) is 3.57. The fourth-order valence-electron chi connectivity index (χ4n) is 5.57. The van der Waals surface area contributed by atoms with Gasteiger partial charge in [0.25, 0.3) is 11.8 Å². The second kappa shape index (κ2) is 8.58. The van der Waals surface area contributed by atoms with Crippen LogP contribution < -0.4 is 11.1 Å². The summed E-state index contributed by atoms with van der Waals surface area (Å²) in [6.07, 6.45) is 3.74. The first kappa shape index (κ1) is 23.0. The maximum atomic E-state index is 13.1. The number of nitrogen functional groups attached to an aromatic ring is 1. The van der Waals surface area contributed by atoms with Crippen LogP contribution in [0.15, 0.2) is 67.0 Å². The predicted octanol–water partition coefficient (Wildman–Crippen LogP) is 4.63. The lowest BCUT2D eigenvalue weighted by atomic mass is 9.86. The van der Waals surface area contributed by atoms with Crippen LogP contribution in [0.5, 0.6) is 0 Å². The van der Waals surface area contributed by atoms with E-state index in [0.717, 1.165) is 47.2 Å². The van der Waals surface area contributed by atoms with Crippen molar-refractivity contribution in [1.29, 1.82) is 0 Å². The van der Waals surface area contributed by atoms with Crippen LogP contribution >= 0.6 is 0 Å². The number of nitrogens with zero attached hydrogens (tertiary/aromatic N) is 4. The van der Waals surface area contributed by atoms with Crippen LogP contribution in [0.3, 0.4) is 0 Å². The molecule has 2 aliphatic heterocycles. The number of hydrogen-bond acceptors (Lipinski definition) is 5. The molecular weight excluding hydrogens is 464 g/mol. The molecule has 8 nitrogen and oxygen atoms in total. The van der Waals surface area contributed by atoms with Crippen molar-refractivity contribution in [2.75, 3.05) is 17.6 Å². The predicted molar refractivity (Wildman–Crippen MR) is 145 cm³/mol. The molecule has 0 unspecified atom stereocenters. The highest BCUT2D eigenvalue weighted by atomic mass is 16.2. The van der Waals surface area contributed by atoms with E-state index in [1.54, 1.807) is 6.92 Å². The molecule has 1 saturated carbocycles. The van der Waals surface area contributed by atoms with Crippen molar-refractivity contribution in [3.63, 3.8) is 0 Å². The van der Waals surface area contributed by atoms with Crippen molar-refractivity contribution < 1.29 is 9.59 Å². The molecule has 3 N–H and O–H groups in total. The van der Waals surface area contributed by atoms with Crippen molar-refractivity contribution in [3.05, 3.63) is 72.6 Å². The molecule has 0 radical (unpaired) electrons. The molecule has 0 spiro atoms. The summed E-state index contributed by atoms with van der Waals surface area (Å²) in [6, 6.07) is 15.8. The van der Waals surface area contributed by atoms with Gasteiger partial charge in [-0.15, -0.1) is 0 Å². The number of benzene rings is 2. The molecule has 2 amide bonds. The first-order chi connectivity index (χ1) is 17.8. The van der Waals surface area contributed by atoms with Crippen LogP contribution in [-0.2, 0) is 11.8 Å². The summed E-state index contributed by atoms with van der Waals surface area (Å²) in [5.74, 6) is 0.950. The molecule has 0 atom stereocenters. The number of anilines is 2. The molecule has 37 heavy (non-hydrogen) atoms. The third kappa shape index (κ3) is 3.76. The lowest BCUT2D eigenvalue weighted by Crippen LogP contribution is -2.34. The maximum Gasteiger partial charge on any atom is 0.254 e. The van der Waals surface area contributed by atoms with Gasteiger partial charge in [0.1, 0.15) is 17.8 Å². The molecule has 2 bridgehead atoms. The zero-order valence-corrected chi connectivity index (χ0v) is 20.9. The Hall–Kier alpha value is -4.46. The van der Waals surface area contributed by atoms with Gasteiger partial charge in [-0.25, -0.2) is 9.97 Å². The maximum absolute atomic E-state index is 13.1. The van der Waals surface area contributed by atoms with E-state index in [1.165, 1.54) is 6.33 Å². The number of hydrogen-bond donors (Lipinski definition) is 2. The van der Waals surface area contributed by atoms with Gasteiger partial charge in [-0.1, -0.05) is 30.8 Å². The second-order valence-electron chi connectivity index (χ2n) is 10.1. The van der Waals surface area contributed by atoms with Crippen molar-refractivity contribution >= 4 is 34.4 Å². The van der Waals surface area contributed by atoms with Gasteiger partial charge in [-0.3, -0.25) is 9.59 Å². The topological polar surface area (TPSA) is 106 Å². The van der Waals surface area contributed by atoms with Gasteiger partial charge in [-0.2, -0.15) is 0 Å². The van der Waals surface area contributed by atoms with E-state index in [-0.39, 0.29) is 11.8 Å². The molecule has 2 aromatic heterocycles. The van der Waals surface area contributed by atoms with Crippen LogP contribution in [0.2, 0.25) is 0 Å². The quantitative estimate of drug-likeness (QED) is 0.395. The lowest BCUT2D eigenvalue weighted by Gasteiger charge is -2.25. The minimum absolute atomic E-state index is 0.102. The Bertz CT molecular complexity index is 1560. The van der Waals surface area contributed by atoms with E-state index in [1.807, 2.05) is 65.0 Å². The minimum atomic E-state index is -0.220. The summed E-state index contributed by atoms with van der Waals surface area (Å²) in [5, 5.41) is 3.60. The van der Waals surface area contributed by atoms with E-state index >= 15 is 0 Å². The van der Waals surface area contributed by atoms with E-state index in [0.29, 0.717) is 40.2 Å². The Kier molecular flexibility index (Phi) is 5.33. The number of nitrogens with one attached hydrogen (secondary N) is 1. The number of nitrogens with two attached hydrogens (primary N) is 1. The molecule has 2 aromatic carbocycles. The number of amides is 2. The van der Waals surface area contributed by atoms with Gasteiger partial charge >= 0.3 is 0 Å². The van der Waals surface area contributed by atoms with Gasteiger partial charge in [-0.05, 0) is 61.1 Å². The van der Waals surface area contributed by atoms with Crippen LogP contribution in [0, 0.1) is 5.92 Å². The average molecular weight is 493 g/mol. The van der Waals surface area contributed by atoms with Gasteiger partial charge < -0.3 is 20.5 Å². The molecule has 2 saturated heterocycles. The van der Waals surface area contributed by atoms with Crippen molar-refractivity contribution in [3.8, 4) is 22.4 Å². The molecule has 1 aliphatic carbocycles. The Morgan fingerprint density at radius 2 is 1.70 bits per heavy atom. The van der Waals surface area contributed by atoms with Crippen molar-refractivity contribution in [2.24, 2.45) is 13.0 Å². The zero-order valence-electron chi connectivity index (χ0n) is 20.9. The van der Waals surface area contributed by atoms with Crippen LogP contribution in [0.4, 0.5) is 11.5 Å². The third-order valence-electron chi connectivity index (χ3n) is 7.59. The number of rotatable bonds is 5. The molecule has 3 aliphatic rings. The highest BCUT2D eigenvalue weighted by molar-refractivity contribution is 6.08. The van der Waals surface area contributed by atoms with Crippen LogP contribution in [0.25, 0.3) is 33.4 Å². The van der Waals surface area contributed by atoms with Gasteiger partial charge in [0.05, 0.1) is 11.1 Å². The summed E-state index contributed by atoms with van der Waals surface area (Å²) >= 11 is 0. The first-order valence-electron chi connectivity index (χ1n) is 12.4. The van der Waals surface area contributed by atoms with Crippen LogP contribution in [0.1, 0.15) is 30.1 Å². The number of fused-ring (bicyclic) bond motifs is 2. The third-order valence-corrected chi connectivity index (χ3v) is 7.59. The molecule has 3 fully saturated rings. The molecular formula is C29H28N6O2. The molecule has 4 aromatic rings. The molecule has 186 valence electrons. The Morgan fingerprint density at radius 1 is 1.03 bits per heavy atom. The lowest BCUT2D eigenvalue weighted by molar-refractivity contribution is -0.112. The summed E-state index contributed by atoms with van der Waals surface area (Å²) in [7, 11) is 1.95. The summed E-state index contributed by atoms with van der Waals surface area (Å²) in [4.78, 5) is 35.9. The van der Waals surface area contributed by atoms with Gasteiger partial charge in [0, 0.05) is 42.0 Å². The summed E-state index contributed by atoms with van der Waals surface area (Å²) in [6.45, 7) is 6.23. The SMILES string of the molecule is C=C(C)C(=O)Nc1ccc(-c2c(-c3ccc(C(=O)N4CC5CC4C5)cc3)c3c(N)ncnc3n2C)cc1. The van der Waals surface area contributed by atoms with Gasteiger partial charge in [0.2, 0.25) is 0 Å². The summed E-state index contributed by atoms with van der Waals surface area (Å²) < 4.78 is 2.00. The Morgan fingerprint density at radius 3 is 2.32 bits per heavy atom. The fourth-order valence-corrected chi connectivity index (χ4v) is 5.57. The van der Waals surface area contributed by atoms with E-state index in [2.05, 4.69) is 21.9 Å².